The van der Waals surface area contributed by atoms with Crippen LogP contribution in [0.25, 0.3) is 0 Å². The lowest BCUT2D eigenvalue weighted by Gasteiger charge is -2.10. The van der Waals surface area contributed by atoms with Gasteiger partial charge in [-0.1, -0.05) is 6.07 Å². The lowest BCUT2D eigenvalue weighted by molar-refractivity contribution is 0.595. The number of nitrogens with one attached hydrogen (secondary N) is 2. The Morgan fingerprint density at radius 3 is 2.33 bits per heavy atom. The van der Waals surface area contributed by atoms with Crippen LogP contribution in [0.5, 0.6) is 0 Å². The fraction of sp³-hybridized carbons (Fsp3) is 0.538. The normalized spacial score (nSPS) is 15.7. The van der Waals surface area contributed by atoms with Gasteiger partial charge in [0.25, 0.3) is 0 Å². The summed E-state index contributed by atoms with van der Waals surface area (Å²) in [6.07, 6.45) is 2.34. The van der Waals surface area contributed by atoms with Gasteiger partial charge in [0.05, 0.1) is 5.75 Å². The number of sulfonamides is 1. The number of aryl methyl sites for hydroxylation is 2. The molecular formula is C13H20N2O2S. The van der Waals surface area contributed by atoms with Crippen LogP contribution < -0.4 is 10.0 Å². The average molecular weight is 268 g/mol. The van der Waals surface area contributed by atoms with E-state index in [1.165, 1.54) is 12.8 Å². The Hall–Kier alpha value is -1.07. The molecule has 1 aliphatic carbocycles. The highest BCUT2D eigenvalue weighted by molar-refractivity contribution is 7.92. The number of hydrogen-bond donors (Lipinski definition) is 2. The van der Waals surface area contributed by atoms with Gasteiger partial charge in [0.2, 0.25) is 10.0 Å². The summed E-state index contributed by atoms with van der Waals surface area (Å²) in [6.45, 7) is 4.43. The summed E-state index contributed by atoms with van der Waals surface area (Å²) in [5.41, 5.74) is 2.77. The van der Waals surface area contributed by atoms with E-state index in [9.17, 15) is 8.42 Å². The predicted molar refractivity (Wildman–Crippen MR) is 74.4 cm³/mol. The molecule has 0 amide bonds. The van der Waals surface area contributed by atoms with Crippen molar-refractivity contribution in [2.24, 2.45) is 0 Å². The molecule has 100 valence electrons. The van der Waals surface area contributed by atoms with Gasteiger partial charge in [-0.2, -0.15) is 0 Å². The molecule has 5 heteroatoms. The summed E-state index contributed by atoms with van der Waals surface area (Å²) in [7, 11) is -3.25. The van der Waals surface area contributed by atoms with E-state index in [-0.39, 0.29) is 5.75 Å². The van der Waals surface area contributed by atoms with Gasteiger partial charge in [-0.15, -0.1) is 0 Å². The lowest BCUT2D eigenvalue weighted by Crippen LogP contribution is -2.28. The third kappa shape index (κ3) is 4.31. The summed E-state index contributed by atoms with van der Waals surface area (Å²) >= 11 is 0. The first-order valence-corrected chi connectivity index (χ1v) is 7.92. The van der Waals surface area contributed by atoms with E-state index in [2.05, 4.69) is 10.0 Å². The average Bonchev–Trinajstić information content (AvgIpc) is 2.98. The van der Waals surface area contributed by atoms with E-state index in [4.69, 9.17) is 0 Å². The first-order valence-electron chi connectivity index (χ1n) is 6.27. The number of rotatable bonds is 6. The molecule has 0 aliphatic heterocycles. The molecule has 18 heavy (non-hydrogen) atoms. The Labute approximate surface area is 109 Å². The summed E-state index contributed by atoms with van der Waals surface area (Å²) in [4.78, 5) is 0. The minimum Gasteiger partial charge on any atom is -0.313 e. The molecule has 0 atom stereocenters. The molecule has 1 fully saturated rings. The van der Waals surface area contributed by atoms with E-state index in [1.807, 2.05) is 32.0 Å². The molecular weight excluding hydrogens is 248 g/mol. The third-order valence-electron chi connectivity index (χ3n) is 2.88. The van der Waals surface area contributed by atoms with Crippen LogP contribution in [-0.4, -0.2) is 26.8 Å². The molecule has 0 saturated heterocycles. The predicted octanol–water partition coefficient (Wildman–Crippen LogP) is 1.80. The Morgan fingerprint density at radius 1 is 1.17 bits per heavy atom. The van der Waals surface area contributed by atoms with Crippen LogP contribution in [0.1, 0.15) is 24.0 Å². The molecule has 0 heterocycles. The second-order valence-corrected chi connectivity index (χ2v) is 6.87. The van der Waals surface area contributed by atoms with Crippen LogP contribution in [-0.2, 0) is 10.0 Å². The summed E-state index contributed by atoms with van der Waals surface area (Å²) in [5.74, 6) is 0.122. The maximum atomic E-state index is 11.9. The first kappa shape index (κ1) is 13.4. The molecule has 1 saturated carbocycles. The van der Waals surface area contributed by atoms with E-state index in [1.54, 1.807) is 0 Å². The van der Waals surface area contributed by atoms with Gasteiger partial charge in [0, 0.05) is 18.3 Å². The molecule has 0 unspecified atom stereocenters. The van der Waals surface area contributed by atoms with Crippen LogP contribution in [0.15, 0.2) is 18.2 Å². The van der Waals surface area contributed by atoms with Crippen molar-refractivity contribution in [1.82, 2.24) is 5.32 Å². The third-order valence-corrected chi connectivity index (χ3v) is 4.16. The van der Waals surface area contributed by atoms with E-state index in [0.29, 0.717) is 18.3 Å². The monoisotopic (exact) mass is 268 g/mol. The van der Waals surface area contributed by atoms with Gasteiger partial charge in [0.1, 0.15) is 0 Å². The lowest BCUT2D eigenvalue weighted by atomic mass is 10.1. The highest BCUT2D eigenvalue weighted by Crippen LogP contribution is 2.18. The number of benzene rings is 1. The second-order valence-electron chi connectivity index (χ2n) is 5.03. The van der Waals surface area contributed by atoms with Crippen LogP contribution in [0.2, 0.25) is 0 Å². The first-order chi connectivity index (χ1) is 8.44. The van der Waals surface area contributed by atoms with Crippen LogP contribution in [0.4, 0.5) is 5.69 Å². The Kier molecular flexibility index (Phi) is 3.92. The fourth-order valence-corrected chi connectivity index (χ4v) is 2.91. The van der Waals surface area contributed by atoms with Gasteiger partial charge in [0.15, 0.2) is 0 Å². The van der Waals surface area contributed by atoms with Gasteiger partial charge < -0.3 is 5.32 Å². The van der Waals surface area contributed by atoms with Crippen molar-refractivity contribution in [2.75, 3.05) is 17.0 Å². The van der Waals surface area contributed by atoms with E-state index >= 15 is 0 Å². The second kappa shape index (κ2) is 5.28. The van der Waals surface area contributed by atoms with Crippen molar-refractivity contribution in [1.29, 1.82) is 0 Å². The molecule has 0 aromatic heterocycles. The topological polar surface area (TPSA) is 58.2 Å². The minimum absolute atomic E-state index is 0.122. The van der Waals surface area contributed by atoms with Gasteiger partial charge in [-0.3, -0.25) is 4.72 Å². The Bertz CT molecular complexity index is 502. The van der Waals surface area contributed by atoms with Crippen molar-refractivity contribution in [3.63, 3.8) is 0 Å². The molecule has 1 aliphatic rings. The molecule has 4 nitrogen and oxygen atoms in total. The van der Waals surface area contributed by atoms with Crippen LogP contribution >= 0.6 is 0 Å². The summed E-state index contributed by atoms with van der Waals surface area (Å²) in [6, 6.07) is 6.26. The molecule has 2 rings (SSSR count). The zero-order valence-corrected chi connectivity index (χ0v) is 11.7. The SMILES string of the molecule is Cc1cc(C)cc(NS(=O)(=O)CCNC2CC2)c1. The van der Waals surface area contributed by atoms with Crippen LogP contribution in [0, 0.1) is 13.8 Å². The van der Waals surface area contributed by atoms with Gasteiger partial charge in [-0.25, -0.2) is 8.42 Å². The minimum atomic E-state index is -3.25. The molecule has 0 spiro atoms. The Morgan fingerprint density at radius 2 is 1.78 bits per heavy atom. The highest BCUT2D eigenvalue weighted by Gasteiger charge is 2.21. The summed E-state index contributed by atoms with van der Waals surface area (Å²) < 4.78 is 26.4. The largest absolute Gasteiger partial charge is 0.313 e. The zero-order valence-electron chi connectivity index (χ0n) is 10.9. The zero-order chi connectivity index (χ0) is 13.2. The van der Waals surface area contributed by atoms with Crippen molar-refractivity contribution >= 4 is 15.7 Å². The number of anilines is 1. The summed E-state index contributed by atoms with van der Waals surface area (Å²) in [5, 5.41) is 3.20. The molecule has 2 N–H and O–H groups in total. The maximum absolute atomic E-state index is 11.9. The molecule has 1 aromatic carbocycles. The van der Waals surface area contributed by atoms with Gasteiger partial charge in [-0.05, 0) is 49.9 Å². The quantitative estimate of drug-likeness (QED) is 0.827. The molecule has 1 aromatic rings. The molecule has 0 bridgehead atoms. The standard InChI is InChI=1S/C13H20N2O2S/c1-10-7-11(2)9-13(8-10)15-18(16,17)6-5-14-12-3-4-12/h7-9,12,14-15H,3-6H2,1-2H3. The van der Waals surface area contributed by atoms with Crippen molar-refractivity contribution in [2.45, 2.75) is 32.7 Å². The maximum Gasteiger partial charge on any atom is 0.233 e. The van der Waals surface area contributed by atoms with Crippen LogP contribution in [0.3, 0.4) is 0 Å². The van der Waals surface area contributed by atoms with Crippen molar-refractivity contribution < 1.29 is 8.42 Å². The van der Waals surface area contributed by atoms with Crippen molar-refractivity contribution in [3.05, 3.63) is 29.3 Å². The van der Waals surface area contributed by atoms with Crippen molar-refractivity contribution in [3.8, 4) is 0 Å². The van der Waals surface area contributed by atoms with E-state index < -0.39 is 10.0 Å². The molecule has 0 radical (unpaired) electrons. The highest BCUT2D eigenvalue weighted by atomic mass is 32.2. The van der Waals surface area contributed by atoms with E-state index in [0.717, 1.165) is 11.1 Å². The smallest absolute Gasteiger partial charge is 0.233 e. The fourth-order valence-electron chi connectivity index (χ4n) is 1.95. The number of hydrogen-bond acceptors (Lipinski definition) is 3. The van der Waals surface area contributed by atoms with Gasteiger partial charge >= 0.3 is 0 Å². The Balaban J connectivity index is 1.92.